The molecule has 1 aliphatic heterocycles. The number of alkyl halides is 3. The normalized spacial score (nSPS) is 13.5. The number of amides is 2. The molecule has 0 saturated heterocycles. The summed E-state index contributed by atoms with van der Waals surface area (Å²) in [6.07, 6.45) is 0.264. The highest BCUT2D eigenvalue weighted by atomic mass is 32.2. The van der Waals surface area contributed by atoms with Crippen LogP contribution in [0.3, 0.4) is 0 Å². The van der Waals surface area contributed by atoms with Gasteiger partial charge in [0.25, 0.3) is 11.8 Å². The Kier molecular flexibility index (Phi) is 6.85. The molecule has 0 fully saturated rings. The van der Waals surface area contributed by atoms with Gasteiger partial charge in [-0.2, -0.15) is 24.9 Å². The summed E-state index contributed by atoms with van der Waals surface area (Å²) in [5.74, 6) is 1.03. The van der Waals surface area contributed by atoms with Crippen LogP contribution in [0, 0.1) is 0 Å². The first kappa shape index (κ1) is 23.4. The van der Waals surface area contributed by atoms with Crippen LogP contribution in [0.4, 0.5) is 13.2 Å². The summed E-state index contributed by atoms with van der Waals surface area (Å²) < 4.78 is 38.9. The van der Waals surface area contributed by atoms with Crippen LogP contribution in [-0.4, -0.2) is 46.8 Å². The van der Waals surface area contributed by atoms with Crippen LogP contribution in [0.1, 0.15) is 36.7 Å². The number of rotatable bonds is 6. The number of fused-ring (bicyclic) bond motifs is 1. The maximum absolute atomic E-state index is 13.5. The van der Waals surface area contributed by atoms with Gasteiger partial charge in [0.2, 0.25) is 0 Å². The Balaban J connectivity index is 1.49. The summed E-state index contributed by atoms with van der Waals surface area (Å²) in [7, 11) is 1.73. The highest BCUT2D eigenvalue weighted by Gasteiger charge is 2.29. The number of carbonyl (C=O) groups is 2. The first-order valence-corrected chi connectivity index (χ1v) is 12.2. The molecule has 3 heterocycles. The van der Waals surface area contributed by atoms with Crippen LogP contribution in [-0.2, 0) is 18.7 Å². The van der Waals surface area contributed by atoms with Crippen molar-refractivity contribution >= 4 is 34.9 Å². The fraction of sp³-hybridized carbons (Fsp3) is 0.304. The van der Waals surface area contributed by atoms with Crippen molar-refractivity contribution in [3.05, 3.63) is 75.9 Å². The van der Waals surface area contributed by atoms with E-state index in [0.29, 0.717) is 6.54 Å². The van der Waals surface area contributed by atoms with E-state index in [9.17, 15) is 22.8 Å². The zero-order valence-electron chi connectivity index (χ0n) is 17.8. The van der Waals surface area contributed by atoms with E-state index in [1.165, 1.54) is 17.0 Å². The summed E-state index contributed by atoms with van der Waals surface area (Å²) >= 11 is 3.52. The van der Waals surface area contributed by atoms with Crippen molar-refractivity contribution in [1.29, 1.82) is 0 Å². The number of aromatic nitrogens is 1. The smallest absolute Gasteiger partial charge is 0.343 e. The molecular weight excluding hydrogens is 471 g/mol. The predicted molar refractivity (Wildman–Crippen MR) is 124 cm³/mol. The molecule has 10 heteroatoms. The van der Waals surface area contributed by atoms with Crippen LogP contribution in [0.15, 0.2) is 48.8 Å². The quantitative estimate of drug-likeness (QED) is 0.532. The van der Waals surface area contributed by atoms with E-state index >= 15 is 0 Å². The number of halogens is 3. The molecule has 0 bridgehead atoms. The Labute approximate surface area is 197 Å². The van der Waals surface area contributed by atoms with Gasteiger partial charge in [-0.05, 0) is 47.6 Å². The Morgan fingerprint density at radius 3 is 2.52 bits per heavy atom. The lowest BCUT2D eigenvalue weighted by Crippen LogP contribution is -2.33. The molecule has 0 atom stereocenters. The van der Waals surface area contributed by atoms with E-state index < -0.39 is 18.6 Å². The molecule has 0 spiro atoms. The van der Waals surface area contributed by atoms with E-state index in [-0.39, 0.29) is 11.5 Å². The third kappa shape index (κ3) is 5.44. The van der Waals surface area contributed by atoms with Crippen LogP contribution < -0.4 is 5.32 Å². The van der Waals surface area contributed by atoms with E-state index in [2.05, 4.69) is 0 Å². The van der Waals surface area contributed by atoms with Crippen molar-refractivity contribution in [2.45, 2.75) is 24.9 Å². The summed E-state index contributed by atoms with van der Waals surface area (Å²) in [5, 5.41) is 2.77. The van der Waals surface area contributed by atoms with Crippen LogP contribution in [0.25, 0.3) is 5.00 Å². The molecule has 1 N–H and O–H groups in total. The first-order valence-electron chi connectivity index (χ1n) is 10.3. The average Bonchev–Trinajstić information content (AvgIpc) is 3.44. The van der Waals surface area contributed by atoms with E-state index in [0.717, 1.165) is 39.6 Å². The molecule has 0 saturated carbocycles. The number of nitrogens with zero attached hydrogens (tertiary/aromatic N) is 2. The van der Waals surface area contributed by atoms with Gasteiger partial charge in [0.05, 0.1) is 5.56 Å². The standard InChI is InChI=1S/C23H22F3N3O2S2/c1-28(12-15-4-6-16(7-5-15)20(30)27-14-23(24,25)26)21(31)19-17-8-11-32-13-18(17)33-22(19)29-9-2-3-10-29/h2-7,9-10H,8,11-14H2,1H3,(H,27,30). The molecule has 3 aromatic rings. The zero-order valence-corrected chi connectivity index (χ0v) is 19.4. The Hall–Kier alpha value is -2.72. The monoisotopic (exact) mass is 493 g/mol. The Morgan fingerprint density at radius 2 is 1.85 bits per heavy atom. The van der Waals surface area contributed by atoms with Crippen LogP contribution in [0.5, 0.6) is 0 Å². The SMILES string of the molecule is CN(Cc1ccc(C(=O)NCC(F)(F)F)cc1)C(=O)c1c(-n2cccc2)sc2c1CCSC2. The maximum atomic E-state index is 13.5. The second-order valence-corrected chi connectivity index (χ2v) is 9.92. The molecule has 2 amide bonds. The van der Waals surface area contributed by atoms with Crippen LogP contribution >= 0.6 is 23.1 Å². The minimum atomic E-state index is -4.46. The molecule has 0 aliphatic carbocycles. The molecule has 33 heavy (non-hydrogen) atoms. The molecule has 0 unspecified atom stereocenters. The summed E-state index contributed by atoms with van der Waals surface area (Å²) in [6, 6.07) is 10.1. The van der Waals surface area contributed by atoms with Gasteiger partial charge in [0.15, 0.2) is 0 Å². The van der Waals surface area contributed by atoms with Gasteiger partial charge in [-0.3, -0.25) is 9.59 Å². The van der Waals surface area contributed by atoms with Crippen molar-refractivity contribution in [2.75, 3.05) is 19.3 Å². The first-order chi connectivity index (χ1) is 15.7. The van der Waals surface area contributed by atoms with Crippen molar-refractivity contribution in [3.63, 3.8) is 0 Å². The van der Waals surface area contributed by atoms with Gasteiger partial charge >= 0.3 is 6.18 Å². The minimum Gasteiger partial charge on any atom is -0.343 e. The topological polar surface area (TPSA) is 54.3 Å². The number of thiophene rings is 1. The largest absolute Gasteiger partial charge is 0.405 e. The summed E-state index contributed by atoms with van der Waals surface area (Å²) in [4.78, 5) is 28.3. The van der Waals surface area contributed by atoms with Gasteiger partial charge in [0, 0.05) is 42.2 Å². The minimum absolute atomic E-state index is 0.0740. The summed E-state index contributed by atoms with van der Waals surface area (Å²) in [6.45, 7) is -1.06. The third-order valence-corrected chi connectivity index (χ3v) is 7.70. The number of nitrogens with one attached hydrogen (secondary N) is 1. The molecular formula is C23H22F3N3O2S2. The van der Waals surface area contributed by atoms with Gasteiger partial charge < -0.3 is 14.8 Å². The van der Waals surface area contributed by atoms with Crippen LogP contribution in [0.2, 0.25) is 0 Å². The van der Waals surface area contributed by atoms with Crippen molar-refractivity contribution in [1.82, 2.24) is 14.8 Å². The van der Waals surface area contributed by atoms with E-state index in [1.54, 1.807) is 35.4 Å². The second-order valence-electron chi connectivity index (χ2n) is 7.73. The van der Waals surface area contributed by atoms with E-state index in [1.807, 2.05) is 46.2 Å². The Bertz CT molecular complexity index is 1140. The van der Waals surface area contributed by atoms with E-state index in [4.69, 9.17) is 0 Å². The fourth-order valence-electron chi connectivity index (χ4n) is 3.67. The van der Waals surface area contributed by atoms with Crippen molar-refractivity contribution < 1.29 is 22.8 Å². The highest BCUT2D eigenvalue weighted by Crippen LogP contribution is 2.39. The highest BCUT2D eigenvalue weighted by molar-refractivity contribution is 7.98. The molecule has 0 radical (unpaired) electrons. The lowest BCUT2D eigenvalue weighted by Gasteiger charge is -2.20. The number of carbonyl (C=O) groups excluding carboxylic acids is 2. The second kappa shape index (κ2) is 9.64. The molecule has 2 aromatic heterocycles. The average molecular weight is 494 g/mol. The number of benzene rings is 1. The number of hydrogen-bond acceptors (Lipinski definition) is 4. The molecule has 1 aliphatic rings. The predicted octanol–water partition coefficient (Wildman–Crippen LogP) is 4.89. The number of hydrogen-bond donors (Lipinski definition) is 1. The van der Waals surface area contributed by atoms with Gasteiger partial charge in [-0.25, -0.2) is 0 Å². The van der Waals surface area contributed by atoms with Gasteiger partial charge in [0.1, 0.15) is 11.5 Å². The maximum Gasteiger partial charge on any atom is 0.405 e. The molecule has 5 nitrogen and oxygen atoms in total. The molecule has 4 rings (SSSR count). The third-order valence-electron chi connectivity index (χ3n) is 5.29. The Morgan fingerprint density at radius 1 is 1.15 bits per heavy atom. The fourth-order valence-corrected chi connectivity index (χ4v) is 6.11. The number of thioether (sulfide) groups is 1. The summed E-state index contributed by atoms with van der Waals surface area (Å²) in [5.41, 5.74) is 2.77. The van der Waals surface area contributed by atoms with Crippen molar-refractivity contribution in [3.8, 4) is 5.00 Å². The lowest BCUT2D eigenvalue weighted by atomic mass is 10.1. The molecule has 174 valence electrons. The van der Waals surface area contributed by atoms with Crippen molar-refractivity contribution in [2.24, 2.45) is 0 Å². The van der Waals surface area contributed by atoms with Gasteiger partial charge in [-0.15, -0.1) is 11.3 Å². The lowest BCUT2D eigenvalue weighted by molar-refractivity contribution is -0.123. The van der Waals surface area contributed by atoms with Gasteiger partial charge in [-0.1, -0.05) is 12.1 Å². The molecule has 1 aromatic carbocycles. The zero-order chi connectivity index (χ0) is 23.6.